The van der Waals surface area contributed by atoms with Crippen molar-refractivity contribution in [3.8, 4) is 0 Å². The number of nitrogen functional groups attached to an aromatic ring is 1. The third kappa shape index (κ3) is 2.75. The van der Waals surface area contributed by atoms with Crippen LogP contribution in [0.4, 0.5) is 11.4 Å². The Balaban J connectivity index is 2.10. The smallest absolute Gasteiger partial charge is 0.0626 e. The molecule has 0 amide bonds. The average molecular weight is 227 g/mol. The first-order chi connectivity index (χ1) is 8.31. The molecule has 0 saturated carbocycles. The molecule has 88 valence electrons. The molecule has 2 rings (SSSR count). The second-order valence-corrected chi connectivity index (χ2v) is 3.90. The SMILES string of the molecule is CCc1cccnc1CNc1ccccc1N. The van der Waals surface area contributed by atoms with Gasteiger partial charge >= 0.3 is 0 Å². The van der Waals surface area contributed by atoms with Crippen LogP contribution >= 0.6 is 0 Å². The molecule has 0 saturated heterocycles. The fourth-order valence-electron chi connectivity index (χ4n) is 1.79. The van der Waals surface area contributed by atoms with Crippen molar-refractivity contribution in [3.05, 3.63) is 53.9 Å². The van der Waals surface area contributed by atoms with Crippen LogP contribution in [0.2, 0.25) is 0 Å². The molecule has 3 nitrogen and oxygen atoms in total. The predicted molar refractivity (Wildman–Crippen MR) is 71.8 cm³/mol. The van der Waals surface area contributed by atoms with Gasteiger partial charge < -0.3 is 11.1 Å². The predicted octanol–water partition coefficient (Wildman–Crippen LogP) is 2.84. The second kappa shape index (κ2) is 5.34. The van der Waals surface area contributed by atoms with Crippen LogP contribution in [0.5, 0.6) is 0 Å². The van der Waals surface area contributed by atoms with Gasteiger partial charge in [0.25, 0.3) is 0 Å². The van der Waals surface area contributed by atoms with E-state index in [4.69, 9.17) is 5.73 Å². The van der Waals surface area contributed by atoms with Gasteiger partial charge in [0.1, 0.15) is 0 Å². The van der Waals surface area contributed by atoms with Crippen LogP contribution in [-0.2, 0) is 13.0 Å². The number of para-hydroxylation sites is 2. The summed E-state index contributed by atoms with van der Waals surface area (Å²) < 4.78 is 0. The van der Waals surface area contributed by atoms with E-state index >= 15 is 0 Å². The second-order valence-electron chi connectivity index (χ2n) is 3.90. The number of pyridine rings is 1. The lowest BCUT2D eigenvalue weighted by atomic mass is 10.1. The van der Waals surface area contributed by atoms with Gasteiger partial charge in [-0.1, -0.05) is 25.1 Å². The molecule has 0 aliphatic rings. The first kappa shape index (κ1) is 11.5. The number of nitrogens with zero attached hydrogens (tertiary/aromatic N) is 1. The van der Waals surface area contributed by atoms with Crippen LogP contribution in [0.1, 0.15) is 18.2 Å². The topological polar surface area (TPSA) is 50.9 Å². The minimum atomic E-state index is 0.707. The summed E-state index contributed by atoms with van der Waals surface area (Å²) in [7, 11) is 0. The van der Waals surface area contributed by atoms with Crippen molar-refractivity contribution in [1.29, 1.82) is 0 Å². The molecule has 1 aromatic carbocycles. The van der Waals surface area contributed by atoms with E-state index in [2.05, 4.69) is 23.3 Å². The number of aryl methyl sites for hydroxylation is 1. The fraction of sp³-hybridized carbons (Fsp3) is 0.214. The van der Waals surface area contributed by atoms with Crippen LogP contribution in [0.25, 0.3) is 0 Å². The molecule has 2 aromatic rings. The van der Waals surface area contributed by atoms with Crippen molar-refractivity contribution in [3.63, 3.8) is 0 Å². The fourth-order valence-corrected chi connectivity index (χ4v) is 1.79. The summed E-state index contributed by atoms with van der Waals surface area (Å²) in [6.45, 7) is 2.84. The van der Waals surface area contributed by atoms with Crippen LogP contribution in [-0.4, -0.2) is 4.98 Å². The quantitative estimate of drug-likeness (QED) is 0.790. The van der Waals surface area contributed by atoms with Crippen LogP contribution in [0.3, 0.4) is 0 Å². The Hall–Kier alpha value is -2.03. The Morgan fingerprint density at radius 2 is 2.00 bits per heavy atom. The zero-order valence-corrected chi connectivity index (χ0v) is 9.98. The van der Waals surface area contributed by atoms with Gasteiger partial charge in [-0.2, -0.15) is 0 Å². The van der Waals surface area contributed by atoms with E-state index in [-0.39, 0.29) is 0 Å². The minimum absolute atomic E-state index is 0.707. The highest BCUT2D eigenvalue weighted by Crippen LogP contribution is 2.18. The lowest BCUT2D eigenvalue weighted by molar-refractivity contribution is 0.972. The Bertz CT molecular complexity index is 494. The molecule has 0 unspecified atom stereocenters. The van der Waals surface area contributed by atoms with E-state index < -0.39 is 0 Å². The van der Waals surface area contributed by atoms with E-state index in [1.54, 1.807) is 0 Å². The van der Waals surface area contributed by atoms with Gasteiger partial charge in [0.15, 0.2) is 0 Å². The Morgan fingerprint density at radius 3 is 2.76 bits per heavy atom. The molecular formula is C14H17N3. The summed E-state index contributed by atoms with van der Waals surface area (Å²) in [5, 5.41) is 3.32. The zero-order valence-electron chi connectivity index (χ0n) is 9.98. The summed E-state index contributed by atoms with van der Waals surface area (Å²) >= 11 is 0. The van der Waals surface area contributed by atoms with Gasteiger partial charge in [0.2, 0.25) is 0 Å². The molecule has 0 bridgehead atoms. The van der Waals surface area contributed by atoms with Crippen LogP contribution in [0.15, 0.2) is 42.6 Å². The number of nitrogens with one attached hydrogen (secondary N) is 1. The van der Waals surface area contributed by atoms with Crippen molar-refractivity contribution in [2.24, 2.45) is 0 Å². The highest BCUT2D eigenvalue weighted by Gasteiger charge is 2.02. The number of hydrogen-bond acceptors (Lipinski definition) is 3. The first-order valence-corrected chi connectivity index (χ1v) is 5.82. The number of rotatable bonds is 4. The maximum absolute atomic E-state index is 5.87. The molecular weight excluding hydrogens is 210 g/mol. The average Bonchev–Trinajstić information content (AvgIpc) is 2.38. The lowest BCUT2D eigenvalue weighted by Gasteiger charge is -2.10. The first-order valence-electron chi connectivity index (χ1n) is 5.82. The lowest BCUT2D eigenvalue weighted by Crippen LogP contribution is -2.06. The molecule has 0 aliphatic carbocycles. The molecule has 0 radical (unpaired) electrons. The Morgan fingerprint density at radius 1 is 1.18 bits per heavy atom. The van der Waals surface area contributed by atoms with E-state index in [1.165, 1.54) is 5.56 Å². The van der Waals surface area contributed by atoms with Gasteiger partial charge in [-0.15, -0.1) is 0 Å². The number of nitrogens with two attached hydrogens (primary N) is 1. The number of hydrogen-bond donors (Lipinski definition) is 2. The minimum Gasteiger partial charge on any atom is -0.397 e. The molecule has 0 fully saturated rings. The van der Waals surface area contributed by atoms with Crippen molar-refractivity contribution in [1.82, 2.24) is 4.98 Å². The highest BCUT2D eigenvalue weighted by molar-refractivity contribution is 5.65. The monoisotopic (exact) mass is 227 g/mol. The molecule has 0 aliphatic heterocycles. The van der Waals surface area contributed by atoms with Crippen molar-refractivity contribution in [2.75, 3.05) is 11.1 Å². The number of anilines is 2. The van der Waals surface area contributed by atoms with Crippen LogP contribution in [0, 0.1) is 0 Å². The summed E-state index contributed by atoms with van der Waals surface area (Å²) in [6.07, 6.45) is 2.82. The Kier molecular flexibility index (Phi) is 3.60. The van der Waals surface area contributed by atoms with Gasteiger partial charge in [-0.25, -0.2) is 0 Å². The molecule has 0 atom stereocenters. The normalized spacial score (nSPS) is 10.2. The van der Waals surface area contributed by atoms with Gasteiger partial charge in [-0.3, -0.25) is 4.98 Å². The van der Waals surface area contributed by atoms with Gasteiger partial charge in [0.05, 0.1) is 23.6 Å². The molecule has 1 aromatic heterocycles. The zero-order chi connectivity index (χ0) is 12.1. The van der Waals surface area contributed by atoms with Crippen molar-refractivity contribution >= 4 is 11.4 Å². The summed E-state index contributed by atoms with van der Waals surface area (Å²) in [4.78, 5) is 4.39. The van der Waals surface area contributed by atoms with E-state index in [9.17, 15) is 0 Å². The number of benzene rings is 1. The third-order valence-electron chi connectivity index (χ3n) is 2.77. The number of aromatic nitrogens is 1. The van der Waals surface area contributed by atoms with Crippen LogP contribution < -0.4 is 11.1 Å². The standard InChI is InChI=1S/C14H17N3/c1-2-11-6-5-9-16-14(11)10-17-13-8-4-3-7-12(13)15/h3-9,17H,2,10,15H2,1H3. The molecule has 0 spiro atoms. The van der Waals surface area contributed by atoms with E-state index in [1.807, 2.05) is 36.5 Å². The van der Waals surface area contributed by atoms with Crippen molar-refractivity contribution < 1.29 is 0 Å². The summed E-state index contributed by atoms with van der Waals surface area (Å²) in [5.74, 6) is 0. The summed E-state index contributed by atoms with van der Waals surface area (Å²) in [6, 6.07) is 11.8. The highest BCUT2D eigenvalue weighted by atomic mass is 14.9. The maximum atomic E-state index is 5.87. The Labute approximate surface area is 102 Å². The molecule has 17 heavy (non-hydrogen) atoms. The van der Waals surface area contributed by atoms with E-state index in [0.29, 0.717) is 6.54 Å². The molecule has 1 heterocycles. The molecule has 3 heteroatoms. The van der Waals surface area contributed by atoms with E-state index in [0.717, 1.165) is 23.5 Å². The van der Waals surface area contributed by atoms with Crippen molar-refractivity contribution in [2.45, 2.75) is 19.9 Å². The molecule has 3 N–H and O–H groups in total. The summed E-state index contributed by atoms with van der Waals surface area (Å²) in [5.41, 5.74) is 9.95. The largest absolute Gasteiger partial charge is 0.397 e. The van der Waals surface area contributed by atoms with Gasteiger partial charge in [-0.05, 0) is 30.2 Å². The third-order valence-corrected chi connectivity index (χ3v) is 2.77. The maximum Gasteiger partial charge on any atom is 0.0626 e. The van der Waals surface area contributed by atoms with Gasteiger partial charge in [0, 0.05) is 6.20 Å².